The number of nitrogens with one attached hydrogen (secondary N) is 3. The number of benzene rings is 1. The van der Waals surface area contributed by atoms with Crippen molar-refractivity contribution in [1.82, 2.24) is 20.3 Å². The predicted molar refractivity (Wildman–Crippen MR) is 139 cm³/mol. The van der Waals surface area contributed by atoms with Gasteiger partial charge in [0.15, 0.2) is 0 Å². The molecular weight excluding hydrogens is 563 g/mol. The van der Waals surface area contributed by atoms with E-state index in [4.69, 9.17) is 9.90 Å². The molecule has 10 nitrogen and oxygen atoms in total. The third-order valence-electron chi connectivity index (χ3n) is 5.82. The van der Waals surface area contributed by atoms with Gasteiger partial charge in [-0.05, 0) is 30.2 Å². The highest BCUT2D eigenvalue weighted by Crippen LogP contribution is 2.28. The van der Waals surface area contributed by atoms with Gasteiger partial charge in [0.05, 0.1) is 35.3 Å². The van der Waals surface area contributed by atoms with Gasteiger partial charge in [0.25, 0.3) is 6.47 Å². The predicted octanol–water partition coefficient (Wildman–Crippen LogP) is 3.90. The van der Waals surface area contributed by atoms with Crippen LogP contribution in [0.15, 0.2) is 30.5 Å². The maximum Gasteiger partial charge on any atom is 0.390 e. The number of piperidine rings is 1. The summed E-state index contributed by atoms with van der Waals surface area (Å²) in [5.41, 5.74) is 2.08. The van der Waals surface area contributed by atoms with Crippen LogP contribution in [0, 0.1) is 5.82 Å². The average Bonchev–Trinajstić information content (AvgIpc) is 2.88. The third kappa shape index (κ3) is 8.67. The lowest BCUT2D eigenvalue weighted by atomic mass is 10.1. The molecule has 0 unspecified atom stereocenters. The Hall–Kier alpha value is -3.66. The SMILES string of the molecule is CCc1cc(-c2ccc(NS(=O)(=O)CCC(F)(F)F)c(F)c2)nc2cnc(N[C@@H]3CNC[C@@H](F)C3)nc12.O=CO. The summed E-state index contributed by atoms with van der Waals surface area (Å²) in [7, 11) is -4.40. The van der Waals surface area contributed by atoms with E-state index < -0.39 is 46.0 Å². The fourth-order valence-corrected chi connectivity index (χ4v) is 5.09. The topological polar surface area (TPSA) is 146 Å². The van der Waals surface area contributed by atoms with Gasteiger partial charge >= 0.3 is 6.18 Å². The Morgan fingerprint density at radius 3 is 2.55 bits per heavy atom. The first-order chi connectivity index (χ1) is 18.8. The lowest BCUT2D eigenvalue weighted by Gasteiger charge is -2.26. The van der Waals surface area contributed by atoms with Crippen molar-refractivity contribution >= 4 is 39.2 Å². The minimum Gasteiger partial charge on any atom is -0.483 e. The highest BCUT2D eigenvalue weighted by Gasteiger charge is 2.30. The van der Waals surface area contributed by atoms with Crippen LogP contribution in [0.25, 0.3) is 22.3 Å². The molecule has 1 fully saturated rings. The Morgan fingerprint density at radius 2 is 1.93 bits per heavy atom. The first kappa shape index (κ1) is 30.9. The van der Waals surface area contributed by atoms with E-state index in [1.807, 2.05) is 11.6 Å². The second kappa shape index (κ2) is 13.1. The smallest absolute Gasteiger partial charge is 0.390 e. The number of aromatic nitrogens is 3. The van der Waals surface area contributed by atoms with Gasteiger partial charge in [-0.2, -0.15) is 13.2 Å². The molecule has 1 aliphatic rings. The molecule has 0 saturated carbocycles. The van der Waals surface area contributed by atoms with Crippen LogP contribution < -0.4 is 15.4 Å². The molecule has 2 aromatic heterocycles. The number of rotatable bonds is 8. The maximum atomic E-state index is 14.7. The lowest BCUT2D eigenvalue weighted by Crippen LogP contribution is -2.44. The summed E-state index contributed by atoms with van der Waals surface area (Å²) in [5, 5.41) is 13.0. The summed E-state index contributed by atoms with van der Waals surface area (Å²) < 4.78 is 91.1. The van der Waals surface area contributed by atoms with Gasteiger partial charge in [-0.3, -0.25) is 9.52 Å². The molecule has 16 heteroatoms. The molecule has 0 spiro atoms. The second-order valence-corrected chi connectivity index (χ2v) is 10.7. The number of anilines is 2. The third-order valence-corrected chi connectivity index (χ3v) is 7.09. The van der Waals surface area contributed by atoms with Crippen molar-refractivity contribution in [3.63, 3.8) is 0 Å². The van der Waals surface area contributed by atoms with E-state index in [0.29, 0.717) is 54.2 Å². The Morgan fingerprint density at radius 1 is 1.20 bits per heavy atom. The fraction of sp³-hybridized carbons (Fsp3) is 0.417. The number of carbonyl (C=O) groups is 1. The van der Waals surface area contributed by atoms with Gasteiger partial charge in [-0.15, -0.1) is 0 Å². The van der Waals surface area contributed by atoms with Crippen LogP contribution in [0.2, 0.25) is 0 Å². The van der Waals surface area contributed by atoms with Gasteiger partial charge < -0.3 is 15.7 Å². The zero-order chi connectivity index (χ0) is 29.5. The minimum absolute atomic E-state index is 0.161. The van der Waals surface area contributed by atoms with Gasteiger partial charge in [0.1, 0.15) is 17.5 Å². The number of nitrogens with zero attached hydrogens (tertiary/aromatic N) is 3. The highest BCUT2D eigenvalue weighted by atomic mass is 32.2. The van der Waals surface area contributed by atoms with Crippen molar-refractivity contribution in [3.8, 4) is 11.3 Å². The number of carboxylic acid groups (broad SMARTS) is 1. The van der Waals surface area contributed by atoms with Crippen LogP contribution in [0.5, 0.6) is 0 Å². The monoisotopic (exact) mass is 590 g/mol. The summed E-state index contributed by atoms with van der Waals surface area (Å²) in [6, 6.07) is 5.16. The number of aryl methyl sites for hydroxylation is 1. The molecule has 4 N–H and O–H groups in total. The molecule has 0 radical (unpaired) electrons. The van der Waals surface area contributed by atoms with Crippen molar-refractivity contribution in [1.29, 1.82) is 0 Å². The van der Waals surface area contributed by atoms with Crippen molar-refractivity contribution in [3.05, 3.63) is 41.8 Å². The van der Waals surface area contributed by atoms with E-state index in [-0.39, 0.29) is 12.5 Å². The number of hydrogen-bond donors (Lipinski definition) is 4. The first-order valence-electron chi connectivity index (χ1n) is 12.1. The van der Waals surface area contributed by atoms with Crippen LogP contribution in [-0.4, -0.2) is 72.2 Å². The summed E-state index contributed by atoms with van der Waals surface area (Å²) in [5.74, 6) is -1.84. The standard InChI is InChI=1S/C23H25F5N6O2S.CH2O2/c1-2-13-8-19(14-3-4-18(17(25)7-14)34-37(35,36)6-5-23(26,27)28)32-20-12-30-22(33-21(13)20)31-16-9-15(24)10-29-11-16;2-1-3/h3-4,7-8,12,15-16,29,34H,2,5-6,9-11H2,1H3,(H,30,31,33);1H,(H,2,3)/t15-,16-;/m0./s1. The van der Waals surface area contributed by atoms with Crippen molar-refractivity contribution < 1.29 is 40.3 Å². The Bertz CT molecular complexity index is 1440. The van der Waals surface area contributed by atoms with Crippen molar-refractivity contribution in [2.75, 3.05) is 28.9 Å². The van der Waals surface area contributed by atoms with Gasteiger partial charge in [0, 0.05) is 31.1 Å². The number of pyridine rings is 1. The highest BCUT2D eigenvalue weighted by molar-refractivity contribution is 7.92. The summed E-state index contributed by atoms with van der Waals surface area (Å²) in [6.45, 7) is 2.56. The molecule has 40 heavy (non-hydrogen) atoms. The van der Waals surface area contributed by atoms with E-state index in [1.54, 1.807) is 6.07 Å². The molecule has 1 saturated heterocycles. The minimum atomic E-state index is -4.65. The molecular formula is C24H27F5N6O4S. The van der Waals surface area contributed by atoms with Crippen molar-refractivity contribution in [2.24, 2.45) is 0 Å². The molecule has 3 heterocycles. The van der Waals surface area contributed by atoms with E-state index >= 15 is 0 Å². The first-order valence-corrected chi connectivity index (χ1v) is 13.7. The molecule has 1 aromatic carbocycles. The van der Waals surface area contributed by atoms with Crippen LogP contribution in [0.3, 0.4) is 0 Å². The molecule has 0 bridgehead atoms. The van der Waals surface area contributed by atoms with Crippen LogP contribution in [0.4, 0.5) is 33.6 Å². The second-order valence-electron chi connectivity index (χ2n) is 8.87. The Kier molecular flexibility index (Phi) is 10.1. The maximum absolute atomic E-state index is 14.7. The zero-order valence-corrected chi connectivity index (χ0v) is 22.0. The molecule has 0 amide bonds. The number of alkyl halides is 4. The molecule has 2 atom stereocenters. The van der Waals surface area contributed by atoms with Gasteiger partial charge in [0.2, 0.25) is 16.0 Å². The van der Waals surface area contributed by atoms with E-state index in [0.717, 1.165) is 17.7 Å². The normalized spacial score (nSPS) is 17.6. The largest absolute Gasteiger partial charge is 0.483 e. The summed E-state index contributed by atoms with van der Waals surface area (Å²) in [4.78, 5) is 21.7. The van der Waals surface area contributed by atoms with Crippen LogP contribution in [-0.2, 0) is 21.2 Å². The summed E-state index contributed by atoms with van der Waals surface area (Å²) in [6.07, 6.45) is -4.73. The Labute approximate surface area is 226 Å². The zero-order valence-electron chi connectivity index (χ0n) is 21.2. The van der Waals surface area contributed by atoms with Gasteiger partial charge in [-0.1, -0.05) is 13.0 Å². The van der Waals surface area contributed by atoms with E-state index in [9.17, 15) is 30.4 Å². The molecule has 4 rings (SSSR count). The number of sulfonamides is 1. The number of fused-ring (bicyclic) bond motifs is 1. The Balaban J connectivity index is 0.00000141. The van der Waals surface area contributed by atoms with E-state index in [1.165, 1.54) is 12.3 Å². The van der Waals surface area contributed by atoms with Crippen LogP contribution in [0.1, 0.15) is 25.3 Å². The molecule has 0 aliphatic carbocycles. The lowest BCUT2D eigenvalue weighted by molar-refractivity contribution is -0.130. The molecule has 1 aliphatic heterocycles. The number of halogens is 5. The fourth-order valence-electron chi connectivity index (χ4n) is 3.98. The molecule has 3 aromatic rings. The van der Waals surface area contributed by atoms with E-state index in [2.05, 4.69) is 25.6 Å². The number of hydrogen-bond acceptors (Lipinski definition) is 8. The quantitative estimate of drug-likeness (QED) is 0.227. The average molecular weight is 591 g/mol. The van der Waals surface area contributed by atoms with Gasteiger partial charge in [-0.25, -0.2) is 32.2 Å². The van der Waals surface area contributed by atoms with Crippen molar-refractivity contribution in [2.45, 2.75) is 44.6 Å². The summed E-state index contributed by atoms with van der Waals surface area (Å²) >= 11 is 0. The van der Waals surface area contributed by atoms with Crippen LogP contribution >= 0.6 is 0 Å². The molecule has 218 valence electrons.